The van der Waals surface area contributed by atoms with Crippen LogP contribution in [0.5, 0.6) is 0 Å². The van der Waals surface area contributed by atoms with Crippen LogP contribution in [-0.2, 0) is 0 Å². The maximum Gasteiger partial charge on any atom is -0.00928 e. The van der Waals surface area contributed by atoms with E-state index in [0.717, 1.165) is 0 Å². The van der Waals surface area contributed by atoms with Gasteiger partial charge in [-0.15, -0.1) is 0 Å². The molecule has 0 aliphatic rings. The lowest BCUT2D eigenvalue weighted by Crippen LogP contribution is -1.90. The van der Waals surface area contributed by atoms with Crippen molar-refractivity contribution in [2.24, 2.45) is 0 Å². The maximum absolute atomic E-state index is 2.41. The van der Waals surface area contributed by atoms with Crippen LogP contribution in [0, 0.1) is 0 Å². The first-order valence-corrected chi connectivity index (χ1v) is 17.3. The summed E-state index contributed by atoms with van der Waals surface area (Å²) in [5, 5.41) is 12.5. The fourth-order valence-electron chi connectivity index (χ4n) is 7.81. The molecule has 0 heterocycles. The molecular weight excluding hydrogens is 601 g/mol. The van der Waals surface area contributed by atoms with Crippen molar-refractivity contribution in [3.05, 3.63) is 194 Å². The summed E-state index contributed by atoms with van der Waals surface area (Å²) in [4.78, 5) is 0. The van der Waals surface area contributed by atoms with Gasteiger partial charge in [0.25, 0.3) is 0 Å². The van der Waals surface area contributed by atoms with Crippen molar-refractivity contribution >= 4 is 53.9 Å². The molecule has 10 aromatic rings. The van der Waals surface area contributed by atoms with Crippen LogP contribution in [0.1, 0.15) is 0 Å². The van der Waals surface area contributed by atoms with Crippen molar-refractivity contribution in [1.82, 2.24) is 0 Å². The van der Waals surface area contributed by atoms with Crippen LogP contribution < -0.4 is 0 Å². The molecule has 0 saturated heterocycles. The van der Waals surface area contributed by atoms with Gasteiger partial charge in [0.2, 0.25) is 0 Å². The van der Waals surface area contributed by atoms with Crippen molar-refractivity contribution < 1.29 is 0 Å². The highest BCUT2D eigenvalue weighted by molar-refractivity contribution is 6.12. The first-order chi connectivity index (χ1) is 24.7. The molecular formula is C50H32. The number of hydrogen-bond donors (Lipinski definition) is 0. The first kappa shape index (κ1) is 28.5. The van der Waals surface area contributed by atoms with Crippen LogP contribution in [0.15, 0.2) is 194 Å². The van der Waals surface area contributed by atoms with E-state index >= 15 is 0 Å². The van der Waals surface area contributed by atoms with E-state index in [-0.39, 0.29) is 0 Å². The summed E-state index contributed by atoms with van der Waals surface area (Å²) >= 11 is 0. The van der Waals surface area contributed by atoms with Gasteiger partial charge in [-0.05, 0) is 135 Å². The van der Waals surface area contributed by atoms with E-state index in [1.165, 1.54) is 98.4 Å². The molecule has 0 spiro atoms. The monoisotopic (exact) mass is 632 g/mol. The Kier molecular flexibility index (Phi) is 6.60. The summed E-state index contributed by atoms with van der Waals surface area (Å²) in [7, 11) is 0. The smallest absolute Gasteiger partial charge is 0.00928 e. The van der Waals surface area contributed by atoms with Crippen LogP contribution >= 0.6 is 0 Å². The number of fused-ring (bicyclic) bond motifs is 5. The van der Waals surface area contributed by atoms with Crippen molar-refractivity contribution in [2.45, 2.75) is 0 Å². The van der Waals surface area contributed by atoms with E-state index in [1.807, 2.05) is 0 Å². The Morgan fingerprint density at radius 2 is 0.580 bits per heavy atom. The topological polar surface area (TPSA) is 0 Å². The Morgan fingerprint density at radius 1 is 0.180 bits per heavy atom. The van der Waals surface area contributed by atoms with Gasteiger partial charge in [0, 0.05) is 0 Å². The summed E-state index contributed by atoms with van der Waals surface area (Å²) in [6.45, 7) is 0. The lowest BCUT2D eigenvalue weighted by Gasteiger charge is -2.17. The van der Waals surface area contributed by atoms with E-state index in [2.05, 4.69) is 194 Å². The average Bonchev–Trinajstić information content (AvgIpc) is 3.19. The van der Waals surface area contributed by atoms with Crippen molar-refractivity contribution in [2.75, 3.05) is 0 Å². The maximum atomic E-state index is 2.41. The van der Waals surface area contributed by atoms with Crippen LogP contribution in [-0.4, -0.2) is 0 Å². The second kappa shape index (κ2) is 11.6. The molecule has 0 saturated carbocycles. The quantitative estimate of drug-likeness (QED) is 0.181. The molecule has 0 N–H and O–H groups in total. The Hall–Kier alpha value is -6.50. The Balaban J connectivity index is 1.21. The second-order valence-corrected chi connectivity index (χ2v) is 13.4. The van der Waals surface area contributed by atoms with Crippen molar-refractivity contribution in [3.8, 4) is 44.5 Å². The summed E-state index contributed by atoms with van der Waals surface area (Å²) < 4.78 is 0. The van der Waals surface area contributed by atoms with Gasteiger partial charge in [0.15, 0.2) is 0 Å². The van der Waals surface area contributed by atoms with Gasteiger partial charge in [-0.25, -0.2) is 0 Å². The summed E-state index contributed by atoms with van der Waals surface area (Å²) in [6.07, 6.45) is 0. The van der Waals surface area contributed by atoms with Gasteiger partial charge in [-0.1, -0.05) is 158 Å². The zero-order valence-electron chi connectivity index (χ0n) is 27.5. The highest BCUT2D eigenvalue weighted by Crippen LogP contribution is 2.42. The molecule has 0 bridgehead atoms. The van der Waals surface area contributed by atoms with Crippen molar-refractivity contribution in [1.29, 1.82) is 0 Å². The molecule has 0 aliphatic heterocycles. The van der Waals surface area contributed by atoms with E-state index < -0.39 is 0 Å². The lowest BCUT2D eigenvalue weighted by molar-refractivity contribution is 1.63. The van der Waals surface area contributed by atoms with E-state index in [4.69, 9.17) is 0 Å². The van der Waals surface area contributed by atoms with E-state index in [0.29, 0.717) is 0 Å². The SMILES string of the molecule is c1ccc2cc(-c3cc(-c4ccc(-c5ccc6ccccc6c5)c5ccccc45)c4cc(-c5ccc6ccccc6c5)ccc4c3)ccc2c1. The molecule has 0 heteroatoms. The number of benzene rings is 10. The highest BCUT2D eigenvalue weighted by atomic mass is 14.2. The van der Waals surface area contributed by atoms with Crippen LogP contribution in [0.25, 0.3) is 98.4 Å². The van der Waals surface area contributed by atoms with Gasteiger partial charge in [-0.2, -0.15) is 0 Å². The molecule has 0 atom stereocenters. The van der Waals surface area contributed by atoms with E-state index in [1.54, 1.807) is 0 Å². The molecule has 0 unspecified atom stereocenters. The Labute approximate surface area is 291 Å². The third-order valence-electron chi connectivity index (χ3n) is 10.4. The minimum Gasteiger partial charge on any atom is -0.0616 e. The predicted molar refractivity (Wildman–Crippen MR) is 216 cm³/mol. The molecule has 0 aromatic heterocycles. The van der Waals surface area contributed by atoms with Crippen LogP contribution in [0.3, 0.4) is 0 Å². The lowest BCUT2D eigenvalue weighted by atomic mass is 9.87. The fourth-order valence-corrected chi connectivity index (χ4v) is 7.81. The van der Waals surface area contributed by atoms with Crippen LogP contribution in [0.4, 0.5) is 0 Å². The summed E-state index contributed by atoms with van der Waals surface area (Å²) in [5.74, 6) is 0. The molecule has 10 rings (SSSR count). The molecule has 0 amide bonds. The molecule has 0 aliphatic carbocycles. The third kappa shape index (κ3) is 4.85. The minimum atomic E-state index is 1.22. The summed E-state index contributed by atoms with van der Waals surface area (Å²) in [6, 6.07) is 71.6. The first-order valence-electron chi connectivity index (χ1n) is 17.3. The third-order valence-corrected chi connectivity index (χ3v) is 10.4. The molecule has 50 heavy (non-hydrogen) atoms. The number of rotatable bonds is 4. The normalized spacial score (nSPS) is 11.6. The van der Waals surface area contributed by atoms with Gasteiger partial charge in [-0.3, -0.25) is 0 Å². The average molecular weight is 633 g/mol. The van der Waals surface area contributed by atoms with E-state index in [9.17, 15) is 0 Å². The van der Waals surface area contributed by atoms with Gasteiger partial charge in [0.05, 0.1) is 0 Å². The highest BCUT2D eigenvalue weighted by Gasteiger charge is 2.15. The summed E-state index contributed by atoms with van der Waals surface area (Å²) in [5.41, 5.74) is 9.87. The Morgan fingerprint density at radius 3 is 1.18 bits per heavy atom. The van der Waals surface area contributed by atoms with Crippen LogP contribution in [0.2, 0.25) is 0 Å². The molecule has 0 fully saturated rings. The molecule has 10 aromatic carbocycles. The zero-order chi connectivity index (χ0) is 33.0. The second-order valence-electron chi connectivity index (χ2n) is 13.4. The largest absolute Gasteiger partial charge is 0.0616 e. The Bertz CT molecular complexity index is 2930. The molecule has 0 radical (unpaired) electrons. The molecule has 232 valence electrons. The zero-order valence-corrected chi connectivity index (χ0v) is 27.5. The fraction of sp³-hybridized carbons (Fsp3) is 0. The van der Waals surface area contributed by atoms with Gasteiger partial charge < -0.3 is 0 Å². The molecule has 0 nitrogen and oxygen atoms in total. The standard InChI is InChI=1S/C50H32/c1-4-12-36-27-39(20-17-33(36)9-1)41-22-24-43-30-44(40-21-18-34-10-2-5-13-37(34)28-40)32-50(49(43)31-41)48-26-25-45(46-15-7-8-16-47(46)48)42-23-19-35-11-3-6-14-38(35)29-42/h1-32H. The van der Waals surface area contributed by atoms with Gasteiger partial charge in [0.1, 0.15) is 0 Å². The van der Waals surface area contributed by atoms with Gasteiger partial charge >= 0.3 is 0 Å². The number of hydrogen-bond acceptors (Lipinski definition) is 0. The minimum absolute atomic E-state index is 1.22. The predicted octanol–water partition coefficient (Wildman–Crippen LogP) is 14.1. The van der Waals surface area contributed by atoms with Crippen molar-refractivity contribution in [3.63, 3.8) is 0 Å².